The van der Waals surface area contributed by atoms with Crippen molar-refractivity contribution in [3.63, 3.8) is 0 Å². The molecule has 2 fully saturated rings. The van der Waals surface area contributed by atoms with Crippen molar-refractivity contribution in [2.45, 2.75) is 108 Å². The monoisotopic (exact) mass is 866 g/mol. The molecule has 0 amide bonds. The number of ether oxygens (including phenoxy) is 9. The highest BCUT2D eigenvalue weighted by Gasteiger charge is 2.51. The van der Waals surface area contributed by atoms with E-state index in [2.05, 4.69) is 0 Å². The van der Waals surface area contributed by atoms with Crippen molar-refractivity contribution < 1.29 is 47.7 Å². The lowest BCUT2D eigenvalue weighted by Crippen LogP contribution is -2.63. The maximum absolute atomic E-state index is 11.8. The van der Waals surface area contributed by atoms with Gasteiger partial charge in [-0.1, -0.05) is 182 Å². The van der Waals surface area contributed by atoms with Crippen molar-refractivity contribution in [3.8, 4) is 0 Å². The zero-order chi connectivity index (χ0) is 43.8. The van der Waals surface area contributed by atoms with E-state index in [1.807, 2.05) is 189 Å². The van der Waals surface area contributed by atoms with Crippen molar-refractivity contribution >= 4 is 0 Å². The predicted molar refractivity (Wildman–Crippen MR) is 241 cm³/mol. The summed E-state index contributed by atoms with van der Waals surface area (Å²) >= 11 is 0. The van der Waals surface area contributed by atoms with Gasteiger partial charge < -0.3 is 47.7 Å². The Hall–Kier alpha value is -5.08. The topological polar surface area (TPSA) is 103 Å². The molecule has 2 heterocycles. The molecule has 8 rings (SSSR count). The Morgan fingerprint density at radius 1 is 0.344 bits per heavy atom. The molecule has 0 radical (unpaired) electrons. The molecule has 6 aromatic carbocycles. The van der Waals surface area contributed by atoms with Gasteiger partial charge in [0.25, 0.3) is 0 Å². The van der Waals surface area contributed by atoms with Crippen LogP contribution < -0.4 is 0 Å². The van der Waals surface area contributed by atoms with Crippen molar-refractivity contribution in [1.29, 1.82) is 0 Å². The van der Waals surface area contributed by atoms with Gasteiger partial charge in [-0.2, -0.15) is 0 Å². The van der Waals surface area contributed by atoms with Gasteiger partial charge in [0.15, 0.2) is 12.6 Å². The Morgan fingerprint density at radius 2 is 0.641 bits per heavy atom. The Labute approximate surface area is 376 Å². The lowest BCUT2D eigenvalue weighted by atomic mass is 9.97. The SMILES string of the molecule is C[C@H]1O[C@@H](OC[C@H]2O[C@H](O)[C@H](OCc3ccccc3)[C@@H](OCc3ccccc3)[C@@H]2OCc2ccccc2)[C@@H](OCc2ccccc2)[C@@H](OCc2ccccc2)[C@@H]1OCc1ccccc1. The first kappa shape index (κ1) is 45.5. The summed E-state index contributed by atoms with van der Waals surface area (Å²) in [6.45, 7) is 3.61. The fourth-order valence-corrected chi connectivity index (χ4v) is 8.09. The van der Waals surface area contributed by atoms with Gasteiger partial charge in [0.2, 0.25) is 0 Å². The van der Waals surface area contributed by atoms with Crippen LogP contribution in [0.5, 0.6) is 0 Å². The van der Waals surface area contributed by atoms with E-state index in [4.69, 9.17) is 42.6 Å². The van der Waals surface area contributed by atoms with E-state index in [0.29, 0.717) is 13.2 Å². The average molecular weight is 867 g/mol. The van der Waals surface area contributed by atoms with Crippen LogP contribution in [-0.2, 0) is 82.3 Å². The second kappa shape index (κ2) is 23.7. The highest BCUT2D eigenvalue weighted by atomic mass is 16.7. The van der Waals surface area contributed by atoms with Crippen LogP contribution in [0.25, 0.3) is 0 Å². The number of benzene rings is 6. The molecule has 0 unspecified atom stereocenters. The van der Waals surface area contributed by atoms with E-state index >= 15 is 0 Å². The van der Waals surface area contributed by atoms with Crippen LogP contribution in [0.15, 0.2) is 182 Å². The maximum Gasteiger partial charge on any atom is 0.186 e. The third-order valence-corrected chi connectivity index (χ3v) is 11.5. The van der Waals surface area contributed by atoms with Crippen molar-refractivity contribution in [3.05, 3.63) is 215 Å². The second-order valence-corrected chi connectivity index (χ2v) is 16.2. The van der Waals surface area contributed by atoms with Gasteiger partial charge in [0.05, 0.1) is 52.4 Å². The number of hydrogen-bond acceptors (Lipinski definition) is 10. The molecule has 2 aliphatic rings. The Kier molecular flexibility index (Phi) is 16.9. The minimum Gasteiger partial charge on any atom is -0.368 e. The summed E-state index contributed by atoms with van der Waals surface area (Å²) in [4.78, 5) is 0. The van der Waals surface area contributed by atoms with Gasteiger partial charge >= 0.3 is 0 Å². The van der Waals surface area contributed by atoms with E-state index < -0.39 is 61.4 Å². The predicted octanol–water partition coefficient (Wildman–Crippen LogP) is 8.98. The van der Waals surface area contributed by atoms with Gasteiger partial charge in [-0.25, -0.2) is 0 Å². The largest absolute Gasteiger partial charge is 0.368 e. The molecular weight excluding hydrogens is 809 g/mol. The third kappa shape index (κ3) is 12.8. The van der Waals surface area contributed by atoms with Crippen LogP contribution in [0.3, 0.4) is 0 Å². The number of aliphatic hydroxyl groups is 1. The molecule has 6 aromatic rings. The molecule has 0 spiro atoms. The fraction of sp³-hybridized carbons (Fsp3) is 0.333. The van der Waals surface area contributed by atoms with Crippen LogP contribution >= 0.6 is 0 Å². The molecule has 0 aliphatic carbocycles. The second-order valence-electron chi connectivity index (χ2n) is 16.2. The van der Waals surface area contributed by atoms with Crippen LogP contribution in [0.4, 0.5) is 0 Å². The van der Waals surface area contributed by atoms with E-state index in [1.165, 1.54) is 0 Å². The molecule has 1 N–H and O–H groups in total. The summed E-state index contributed by atoms with van der Waals surface area (Å²) in [5.74, 6) is 0. The summed E-state index contributed by atoms with van der Waals surface area (Å²) in [5.41, 5.74) is 5.90. The minimum absolute atomic E-state index is 0.0450. The molecule has 10 nitrogen and oxygen atoms in total. The molecule has 64 heavy (non-hydrogen) atoms. The summed E-state index contributed by atoms with van der Waals surface area (Å²) in [6.07, 6.45) is -7.86. The molecule has 2 aliphatic heterocycles. The van der Waals surface area contributed by atoms with Crippen molar-refractivity contribution in [2.75, 3.05) is 6.61 Å². The lowest BCUT2D eigenvalue weighted by molar-refractivity contribution is -0.345. The molecule has 2 saturated heterocycles. The fourth-order valence-electron chi connectivity index (χ4n) is 8.09. The smallest absolute Gasteiger partial charge is 0.186 e. The first-order valence-electron chi connectivity index (χ1n) is 22.1. The van der Waals surface area contributed by atoms with Gasteiger partial charge in [-0.05, 0) is 40.3 Å². The Bertz CT molecular complexity index is 2030. The molecule has 0 saturated carbocycles. The van der Waals surface area contributed by atoms with Crippen LogP contribution in [0.1, 0.15) is 40.3 Å². The molecule has 0 bridgehead atoms. The zero-order valence-electron chi connectivity index (χ0n) is 36.2. The number of hydrogen-bond donors (Lipinski definition) is 1. The van der Waals surface area contributed by atoms with Gasteiger partial charge in [0.1, 0.15) is 42.7 Å². The molecule has 10 atom stereocenters. The van der Waals surface area contributed by atoms with Crippen molar-refractivity contribution in [2.24, 2.45) is 0 Å². The highest BCUT2D eigenvalue weighted by molar-refractivity contribution is 5.18. The summed E-state index contributed by atoms with van der Waals surface area (Å²) in [6, 6.07) is 59.7. The van der Waals surface area contributed by atoms with E-state index in [1.54, 1.807) is 0 Å². The van der Waals surface area contributed by atoms with E-state index in [9.17, 15) is 5.11 Å². The first-order chi connectivity index (χ1) is 31.6. The van der Waals surface area contributed by atoms with Crippen LogP contribution in [0.2, 0.25) is 0 Å². The Morgan fingerprint density at radius 3 is 1.02 bits per heavy atom. The molecule has 334 valence electrons. The van der Waals surface area contributed by atoms with Gasteiger partial charge in [-0.15, -0.1) is 0 Å². The molecule has 10 heteroatoms. The molecule has 0 aromatic heterocycles. The quantitative estimate of drug-likeness (QED) is 0.0755. The number of aliphatic hydroxyl groups excluding tert-OH is 1. The average Bonchev–Trinajstić information content (AvgIpc) is 3.35. The third-order valence-electron chi connectivity index (χ3n) is 11.5. The van der Waals surface area contributed by atoms with E-state index in [-0.39, 0.29) is 33.0 Å². The summed E-state index contributed by atoms with van der Waals surface area (Å²) in [5, 5.41) is 11.8. The zero-order valence-corrected chi connectivity index (χ0v) is 36.2. The highest BCUT2D eigenvalue weighted by Crippen LogP contribution is 2.34. The van der Waals surface area contributed by atoms with Gasteiger partial charge in [0, 0.05) is 0 Å². The van der Waals surface area contributed by atoms with Crippen molar-refractivity contribution in [1.82, 2.24) is 0 Å². The first-order valence-corrected chi connectivity index (χ1v) is 22.1. The van der Waals surface area contributed by atoms with E-state index in [0.717, 1.165) is 33.4 Å². The molecular formula is C54H58O10. The normalized spacial score (nSPS) is 25.8. The summed E-state index contributed by atoms with van der Waals surface area (Å²) in [7, 11) is 0. The standard InChI is InChI=1S/C54H58O10/c1-39-47(56-32-40-20-8-2-9-21-40)49(58-34-42-24-12-4-13-25-42)52(61-37-45-30-18-7-19-31-45)54(63-39)62-38-46-48(57-33-41-22-10-3-11-23-41)50(59-35-43-26-14-5-15-27-43)51(53(55)64-46)60-36-44-28-16-6-17-29-44/h2-31,39,46-55H,32-38H2,1H3/t39-,46-,47-,48-,49+,50+,51-,52+,53+,54-/m1/s1. The maximum atomic E-state index is 11.8. The lowest BCUT2D eigenvalue weighted by Gasteiger charge is -2.47. The minimum atomic E-state index is -1.37. The summed E-state index contributed by atoms with van der Waals surface area (Å²) < 4.78 is 60.2. The number of rotatable bonds is 21. The van der Waals surface area contributed by atoms with Crippen LogP contribution in [-0.4, -0.2) is 73.1 Å². The van der Waals surface area contributed by atoms with Gasteiger partial charge in [-0.3, -0.25) is 0 Å². The Balaban J connectivity index is 1.07. The van der Waals surface area contributed by atoms with Crippen LogP contribution in [0, 0.1) is 0 Å².